The molecule has 32 heavy (non-hydrogen) atoms. The zero-order valence-electron chi connectivity index (χ0n) is 17.3. The van der Waals surface area contributed by atoms with Crippen molar-refractivity contribution in [1.82, 2.24) is 24.7 Å². The number of nitrogens with two attached hydrogens (primary N) is 1. The molecule has 0 amide bonds. The predicted octanol–water partition coefficient (Wildman–Crippen LogP) is 4.40. The van der Waals surface area contributed by atoms with Gasteiger partial charge in [0.1, 0.15) is 12.0 Å². The first-order valence-corrected chi connectivity index (χ1v) is 9.83. The minimum atomic E-state index is -0.967. The molecule has 9 heteroatoms. The van der Waals surface area contributed by atoms with Crippen LogP contribution in [-0.2, 0) is 0 Å². The van der Waals surface area contributed by atoms with Gasteiger partial charge in [-0.15, -0.1) is 10.2 Å². The predicted molar refractivity (Wildman–Crippen MR) is 121 cm³/mol. The average Bonchev–Trinajstić information content (AvgIpc) is 3.42. The van der Waals surface area contributed by atoms with Crippen LogP contribution < -0.4 is 10.6 Å². The second-order valence-electron chi connectivity index (χ2n) is 7.59. The molecule has 0 saturated heterocycles. The minimum Gasteiger partial charge on any atom is -0.397 e. The Hall–Kier alpha value is -4.27. The van der Waals surface area contributed by atoms with Crippen LogP contribution in [0.15, 0.2) is 61.2 Å². The Kier molecular flexibility index (Phi) is 4.58. The summed E-state index contributed by atoms with van der Waals surface area (Å²) in [6.07, 6.45) is 4.85. The van der Waals surface area contributed by atoms with Crippen LogP contribution in [0.2, 0.25) is 0 Å². The first-order valence-electron chi connectivity index (χ1n) is 9.83. The molecule has 3 N–H and O–H groups in total. The maximum atomic E-state index is 14.4. The van der Waals surface area contributed by atoms with Gasteiger partial charge >= 0.3 is 0 Å². The summed E-state index contributed by atoms with van der Waals surface area (Å²) >= 11 is 0. The molecule has 3 heterocycles. The fraction of sp³-hybridized carbons (Fsp3) is 0.0870. The lowest BCUT2D eigenvalue weighted by Crippen LogP contribution is -2.11. The Balaban J connectivity index is 1.65. The summed E-state index contributed by atoms with van der Waals surface area (Å²) in [6, 6.07) is 11.7. The topological polar surface area (TPSA) is 88.7 Å². The second kappa shape index (κ2) is 7.45. The molecule has 2 aromatic carbocycles. The Bertz CT molecular complexity index is 1450. The van der Waals surface area contributed by atoms with Crippen molar-refractivity contribution in [2.45, 2.75) is 0 Å². The number of aromatic amines is 1. The van der Waals surface area contributed by atoms with Crippen LogP contribution in [0, 0.1) is 11.6 Å². The molecule has 0 unspecified atom stereocenters. The van der Waals surface area contributed by atoms with E-state index in [1.807, 2.05) is 43.3 Å². The minimum absolute atomic E-state index is 0.0256. The Labute approximate surface area is 182 Å². The monoisotopic (exact) mass is 431 g/mol. The standard InChI is InChI=1S/C23H19F2N7/c1-31(2)20-9-13(6-7-18(20)26)14-8-15-16(11-28-22(15)27-10-14)23-30-29-12-32(23)19-5-3-4-17(24)21(19)25/h3-12H,26H2,1-2H3,(H,27,28). The SMILES string of the molecule is CN(C)c1cc(-c2cnc3[nH]cc(-c4nncn4-c4cccc(F)c4F)c3c2)ccc1N. The van der Waals surface area contributed by atoms with E-state index in [4.69, 9.17) is 5.73 Å². The van der Waals surface area contributed by atoms with Gasteiger partial charge in [-0.05, 0) is 35.9 Å². The quantitative estimate of drug-likeness (QED) is 0.412. The van der Waals surface area contributed by atoms with Crippen LogP contribution >= 0.6 is 0 Å². The Morgan fingerprint density at radius 1 is 1.06 bits per heavy atom. The highest BCUT2D eigenvalue weighted by molar-refractivity contribution is 5.94. The van der Waals surface area contributed by atoms with Gasteiger partial charge in [-0.25, -0.2) is 13.8 Å². The van der Waals surface area contributed by atoms with Crippen LogP contribution in [0.1, 0.15) is 0 Å². The van der Waals surface area contributed by atoms with Crippen LogP contribution in [0.5, 0.6) is 0 Å². The fourth-order valence-corrected chi connectivity index (χ4v) is 3.73. The summed E-state index contributed by atoms with van der Waals surface area (Å²) in [4.78, 5) is 9.58. The van der Waals surface area contributed by atoms with Crippen molar-refractivity contribution in [2.75, 3.05) is 24.7 Å². The fourth-order valence-electron chi connectivity index (χ4n) is 3.73. The summed E-state index contributed by atoms with van der Waals surface area (Å²) in [5.74, 6) is -1.54. The third-order valence-electron chi connectivity index (χ3n) is 5.36. The molecule has 0 fully saturated rings. The number of nitrogens with one attached hydrogen (secondary N) is 1. The van der Waals surface area contributed by atoms with E-state index in [1.54, 1.807) is 12.4 Å². The number of hydrogen-bond donors (Lipinski definition) is 2. The third-order valence-corrected chi connectivity index (χ3v) is 5.36. The van der Waals surface area contributed by atoms with Gasteiger partial charge in [-0.1, -0.05) is 12.1 Å². The van der Waals surface area contributed by atoms with Gasteiger partial charge < -0.3 is 15.6 Å². The highest BCUT2D eigenvalue weighted by atomic mass is 19.2. The smallest absolute Gasteiger partial charge is 0.182 e. The van der Waals surface area contributed by atoms with Gasteiger partial charge in [0.25, 0.3) is 0 Å². The highest BCUT2D eigenvalue weighted by Crippen LogP contribution is 2.33. The molecular weight excluding hydrogens is 412 g/mol. The van der Waals surface area contributed by atoms with E-state index in [2.05, 4.69) is 20.2 Å². The van der Waals surface area contributed by atoms with Crippen molar-refractivity contribution in [3.05, 3.63) is 72.8 Å². The zero-order valence-corrected chi connectivity index (χ0v) is 17.3. The highest BCUT2D eigenvalue weighted by Gasteiger charge is 2.18. The summed E-state index contributed by atoms with van der Waals surface area (Å²) in [7, 11) is 3.86. The van der Waals surface area contributed by atoms with E-state index in [0.29, 0.717) is 22.7 Å². The van der Waals surface area contributed by atoms with Crippen LogP contribution in [0.3, 0.4) is 0 Å². The summed E-state index contributed by atoms with van der Waals surface area (Å²) in [6.45, 7) is 0. The number of H-pyrrole nitrogens is 1. The van der Waals surface area contributed by atoms with Crippen LogP contribution in [-0.4, -0.2) is 38.8 Å². The number of halogens is 2. The lowest BCUT2D eigenvalue weighted by Gasteiger charge is -2.16. The molecule has 3 aromatic heterocycles. The summed E-state index contributed by atoms with van der Waals surface area (Å²) < 4.78 is 29.7. The number of hydrogen-bond acceptors (Lipinski definition) is 5. The molecule has 160 valence electrons. The van der Waals surface area contributed by atoms with Crippen LogP contribution in [0.25, 0.3) is 39.2 Å². The number of pyridine rings is 1. The van der Waals surface area contributed by atoms with E-state index in [1.165, 1.54) is 23.0 Å². The maximum absolute atomic E-state index is 14.4. The van der Waals surface area contributed by atoms with Gasteiger partial charge in [0.05, 0.1) is 17.1 Å². The molecule has 0 aliphatic heterocycles. The molecule has 0 saturated carbocycles. The molecule has 0 aliphatic rings. The van der Waals surface area contributed by atoms with Gasteiger partial charge in [-0.2, -0.15) is 0 Å². The molecule has 7 nitrogen and oxygen atoms in total. The number of nitrogen functional groups attached to an aromatic ring is 1. The summed E-state index contributed by atoms with van der Waals surface area (Å²) in [5.41, 5.74) is 10.8. The molecule has 0 aliphatic carbocycles. The van der Waals surface area contributed by atoms with Crippen molar-refractivity contribution in [1.29, 1.82) is 0 Å². The lowest BCUT2D eigenvalue weighted by atomic mass is 10.0. The van der Waals surface area contributed by atoms with E-state index < -0.39 is 11.6 Å². The molecule has 0 spiro atoms. The molecule has 5 aromatic rings. The zero-order chi connectivity index (χ0) is 22.4. The second-order valence-corrected chi connectivity index (χ2v) is 7.59. The lowest BCUT2D eigenvalue weighted by molar-refractivity contribution is 0.504. The first kappa shape index (κ1) is 19.7. The maximum Gasteiger partial charge on any atom is 0.182 e. The number of nitrogens with zero attached hydrogens (tertiary/aromatic N) is 5. The van der Waals surface area contributed by atoms with Crippen LogP contribution in [0.4, 0.5) is 20.2 Å². The largest absolute Gasteiger partial charge is 0.397 e. The Morgan fingerprint density at radius 2 is 1.91 bits per heavy atom. The average molecular weight is 431 g/mol. The molecule has 0 atom stereocenters. The third kappa shape index (κ3) is 3.15. The van der Waals surface area contributed by atoms with Gasteiger partial charge in [0.15, 0.2) is 17.5 Å². The molecule has 0 radical (unpaired) electrons. The Morgan fingerprint density at radius 3 is 2.72 bits per heavy atom. The normalized spacial score (nSPS) is 11.2. The van der Waals surface area contributed by atoms with E-state index in [0.717, 1.165) is 28.3 Å². The van der Waals surface area contributed by atoms with E-state index in [-0.39, 0.29) is 5.69 Å². The number of anilines is 2. The number of aromatic nitrogens is 5. The van der Waals surface area contributed by atoms with Crippen molar-refractivity contribution >= 4 is 22.4 Å². The summed E-state index contributed by atoms with van der Waals surface area (Å²) in [5, 5.41) is 8.86. The number of fused-ring (bicyclic) bond motifs is 1. The molecular formula is C23H19F2N7. The van der Waals surface area contributed by atoms with Crippen molar-refractivity contribution < 1.29 is 8.78 Å². The van der Waals surface area contributed by atoms with E-state index >= 15 is 0 Å². The van der Waals surface area contributed by atoms with E-state index in [9.17, 15) is 8.78 Å². The first-order chi connectivity index (χ1) is 15.4. The number of rotatable bonds is 4. The molecule has 0 bridgehead atoms. The van der Waals surface area contributed by atoms with Gasteiger partial charge in [0, 0.05) is 43.0 Å². The van der Waals surface area contributed by atoms with Crippen molar-refractivity contribution in [3.63, 3.8) is 0 Å². The number of benzene rings is 2. The van der Waals surface area contributed by atoms with Gasteiger partial charge in [0.2, 0.25) is 0 Å². The van der Waals surface area contributed by atoms with Crippen molar-refractivity contribution in [3.8, 4) is 28.2 Å². The van der Waals surface area contributed by atoms with Crippen molar-refractivity contribution in [2.24, 2.45) is 0 Å². The molecule has 5 rings (SSSR count). The van der Waals surface area contributed by atoms with Gasteiger partial charge in [-0.3, -0.25) is 4.57 Å².